The van der Waals surface area contributed by atoms with Crippen LogP contribution in [0.3, 0.4) is 0 Å². The smallest absolute Gasteiger partial charge is 0.303 e. The quantitative estimate of drug-likeness (QED) is 0.614. The van der Waals surface area contributed by atoms with Gasteiger partial charge < -0.3 is 10.0 Å². The standard InChI is InChI=1S/C10H19NO2/c1-11(9-6-7-9)8-4-2-3-5-10(12)13/h9H,2-8H2,1H3,(H,12,13). The first kappa shape index (κ1) is 10.5. The SMILES string of the molecule is CN(CCCCCC(=O)O)C1CC1. The van der Waals surface area contributed by atoms with E-state index in [2.05, 4.69) is 11.9 Å². The third-order valence-electron chi connectivity index (χ3n) is 2.57. The molecule has 1 fully saturated rings. The zero-order chi connectivity index (χ0) is 9.68. The van der Waals surface area contributed by atoms with Crippen LogP contribution in [0, 0.1) is 0 Å². The monoisotopic (exact) mass is 185 g/mol. The number of nitrogens with zero attached hydrogens (tertiary/aromatic N) is 1. The molecule has 0 aromatic carbocycles. The van der Waals surface area contributed by atoms with Gasteiger partial charge in [-0.1, -0.05) is 6.42 Å². The van der Waals surface area contributed by atoms with Crippen molar-refractivity contribution in [2.45, 2.75) is 44.6 Å². The summed E-state index contributed by atoms with van der Waals surface area (Å²) in [7, 11) is 2.16. The molecule has 0 radical (unpaired) electrons. The van der Waals surface area contributed by atoms with Crippen molar-refractivity contribution >= 4 is 5.97 Å². The van der Waals surface area contributed by atoms with E-state index in [-0.39, 0.29) is 0 Å². The number of rotatable bonds is 7. The van der Waals surface area contributed by atoms with Crippen molar-refractivity contribution < 1.29 is 9.90 Å². The van der Waals surface area contributed by atoms with Gasteiger partial charge in [0.05, 0.1) is 0 Å². The summed E-state index contributed by atoms with van der Waals surface area (Å²) >= 11 is 0. The van der Waals surface area contributed by atoms with Crippen LogP contribution in [-0.4, -0.2) is 35.6 Å². The Hall–Kier alpha value is -0.570. The van der Waals surface area contributed by atoms with Gasteiger partial charge in [-0.25, -0.2) is 0 Å². The molecule has 3 nitrogen and oxygen atoms in total. The van der Waals surface area contributed by atoms with E-state index in [1.54, 1.807) is 0 Å². The minimum absolute atomic E-state index is 0.327. The maximum absolute atomic E-state index is 10.2. The Morgan fingerprint density at radius 1 is 1.38 bits per heavy atom. The number of hydrogen-bond donors (Lipinski definition) is 1. The summed E-state index contributed by atoms with van der Waals surface area (Å²) in [6, 6.07) is 0.833. The van der Waals surface area contributed by atoms with Crippen LogP contribution in [0.5, 0.6) is 0 Å². The zero-order valence-corrected chi connectivity index (χ0v) is 8.33. The average molecular weight is 185 g/mol. The minimum Gasteiger partial charge on any atom is -0.481 e. The van der Waals surface area contributed by atoms with Crippen LogP contribution in [-0.2, 0) is 4.79 Å². The summed E-state index contributed by atoms with van der Waals surface area (Å²) in [6.07, 6.45) is 6.04. The van der Waals surface area contributed by atoms with Crippen molar-refractivity contribution in [2.24, 2.45) is 0 Å². The normalized spacial score (nSPS) is 16.5. The van der Waals surface area contributed by atoms with Gasteiger partial charge in [0.2, 0.25) is 0 Å². The van der Waals surface area contributed by atoms with Gasteiger partial charge in [-0.15, -0.1) is 0 Å². The fraction of sp³-hybridized carbons (Fsp3) is 0.900. The summed E-state index contributed by atoms with van der Waals surface area (Å²) < 4.78 is 0. The second-order valence-electron chi connectivity index (χ2n) is 3.92. The van der Waals surface area contributed by atoms with Gasteiger partial charge in [0.1, 0.15) is 0 Å². The van der Waals surface area contributed by atoms with Gasteiger partial charge in [-0.05, 0) is 39.3 Å². The van der Waals surface area contributed by atoms with Crippen LogP contribution in [0.4, 0.5) is 0 Å². The second kappa shape index (κ2) is 5.22. The molecular formula is C10H19NO2. The van der Waals surface area contributed by atoms with E-state index in [4.69, 9.17) is 5.11 Å². The Morgan fingerprint density at radius 2 is 2.08 bits per heavy atom. The number of carboxylic acid groups (broad SMARTS) is 1. The highest BCUT2D eigenvalue weighted by Gasteiger charge is 2.25. The molecule has 1 aliphatic carbocycles. The van der Waals surface area contributed by atoms with Crippen molar-refractivity contribution in [3.63, 3.8) is 0 Å². The molecule has 0 atom stereocenters. The van der Waals surface area contributed by atoms with Gasteiger partial charge in [-0.3, -0.25) is 4.79 Å². The summed E-state index contributed by atoms with van der Waals surface area (Å²) in [6.45, 7) is 1.13. The van der Waals surface area contributed by atoms with Gasteiger partial charge in [0.25, 0.3) is 0 Å². The first-order valence-corrected chi connectivity index (χ1v) is 5.12. The van der Waals surface area contributed by atoms with Crippen molar-refractivity contribution in [3.05, 3.63) is 0 Å². The van der Waals surface area contributed by atoms with Crippen LogP contribution < -0.4 is 0 Å². The van der Waals surface area contributed by atoms with E-state index in [9.17, 15) is 4.79 Å². The molecule has 0 aromatic rings. The van der Waals surface area contributed by atoms with Crippen molar-refractivity contribution in [1.82, 2.24) is 4.90 Å². The Kier molecular flexibility index (Phi) is 4.22. The molecule has 0 aliphatic heterocycles. The van der Waals surface area contributed by atoms with Crippen LogP contribution >= 0.6 is 0 Å². The molecule has 0 heterocycles. The molecule has 0 aromatic heterocycles. The fourth-order valence-corrected chi connectivity index (χ4v) is 1.51. The molecule has 0 saturated heterocycles. The molecule has 1 saturated carbocycles. The lowest BCUT2D eigenvalue weighted by Gasteiger charge is -2.14. The van der Waals surface area contributed by atoms with Gasteiger partial charge in [-0.2, -0.15) is 0 Å². The number of hydrogen-bond acceptors (Lipinski definition) is 2. The molecule has 13 heavy (non-hydrogen) atoms. The topological polar surface area (TPSA) is 40.5 Å². The number of aliphatic carboxylic acids is 1. The van der Waals surface area contributed by atoms with E-state index < -0.39 is 5.97 Å². The van der Waals surface area contributed by atoms with Crippen molar-refractivity contribution in [1.29, 1.82) is 0 Å². The van der Waals surface area contributed by atoms with E-state index in [1.807, 2.05) is 0 Å². The van der Waals surface area contributed by atoms with Gasteiger partial charge in [0.15, 0.2) is 0 Å². The molecular weight excluding hydrogens is 166 g/mol. The molecule has 76 valence electrons. The van der Waals surface area contributed by atoms with Gasteiger partial charge >= 0.3 is 5.97 Å². The second-order valence-corrected chi connectivity index (χ2v) is 3.92. The maximum Gasteiger partial charge on any atom is 0.303 e. The largest absolute Gasteiger partial charge is 0.481 e. The highest BCUT2D eigenvalue weighted by molar-refractivity contribution is 5.66. The van der Waals surface area contributed by atoms with E-state index in [1.165, 1.54) is 12.8 Å². The van der Waals surface area contributed by atoms with Crippen LogP contribution in [0.25, 0.3) is 0 Å². The van der Waals surface area contributed by atoms with Crippen LogP contribution in [0.1, 0.15) is 38.5 Å². The molecule has 1 N–H and O–H groups in total. The lowest BCUT2D eigenvalue weighted by atomic mass is 10.2. The number of unbranched alkanes of at least 4 members (excludes halogenated alkanes) is 2. The third kappa shape index (κ3) is 4.88. The Labute approximate surface area is 79.7 Å². The van der Waals surface area contributed by atoms with E-state index in [0.29, 0.717) is 6.42 Å². The maximum atomic E-state index is 10.2. The molecule has 3 heteroatoms. The Bertz CT molecular complexity index is 166. The van der Waals surface area contributed by atoms with Crippen LogP contribution in [0.2, 0.25) is 0 Å². The summed E-state index contributed by atoms with van der Waals surface area (Å²) in [5, 5.41) is 8.41. The first-order valence-electron chi connectivity index (χ1n) is 5.12. The Balaban J connectivity index is 1.85. The molecule has 0 unspecified atom stereocenters. The average Bonchev–Trinajstić information content (AvgIpc) is 2.85. The summed E-state index contributed by atoms with van der Waals surface area (Å²) in [5.41, 5.74) is 0. The van der Waals surface area contributed by atoms with E-state index >= 15 is 0 Å². The summed E-state index contributed by atoms with van der Waals surface area (Å²) in [4.78, 5) is 12.6. The number of carbonyl (C=O) groups is 1. The molecule has 0 amide bonds. The molecule has 0 spiro atoms. The lowest BCUT2D eigenvalue weighted by molar-refractivity contribution is -0.137. The highest BCUT2D eigenvalue weighted by Crippen LogP contribution is 2.25. The highest BCUT2D eigenvalue weighted by atomic mass is 16.4. The zero-order valence-electron chi connectivity index (χ0n) is 8.33. The lowest BCUT2D eigenvalue weighted by Crippen LogP contribution is -2.21. The fourth-order valence-electron chi connectivity index (χ4n) is 1.51. The molecule has 1 aliphatic rings. The predicted octanol–water partition coefficient (Wildman–Crippen LogP) is 1.73. The van der Waals surface area contributed by atoms with Gasteiger partial charge in [0, 0.05) is 12.5 Å². The minimum atomic E-state index is -0.671. The molecule has 1 rings (SSSR count). The number of carboxylic acids is 1. The predicted molar refractivity (Wildman–Crippen MR) is 51.8 cm³/mol. The summed E-state index contributed by atoms with van der Waals surface area (Å²) in [5.74, 6) is -0.671. The third-order valence-corrected chi connectivity index (χ3v) is 2.57. The molecule has 0 bridgehead atoms. The van der Waals surface area contributed by atoms with E-state index in [0.717, 1.165) is 31.8 Å². The van der Waals surface area contributed by atoms with Crippen molar-refractivity contribution in [2.75, 3.05) is 13.6 Å². The van der Waals surface area contributed by atoms with Crippen molar-refractivity contribution in [3.8, 4) is 0 Å². The first-order chi connectivity index (χ1) is 6.20. The van der Waals surface area contributed by atoms with Crippen LogP contribution in [0.15, 0.2) is 0 Å². The Morgan fingerprint density at radius 3 is 2.62 bits per heavy atom.